The second-order valence-corrected chi connectivity index (χ2v) is 8.62. The van der Waals surface area contributed by atoms with E-state index in [0.29, 0.717) is 11.7 Å². The van der Waals surface area contributed by atoms with Gasteiger partial charge in [0.15, 0.2) is 5.82 Å². The largest absolute Gasteiger partial charge is 0.325 e. The summed E-state index contributed by atoms with van der Waals surface area (Å²) in [4.78, 5) is 8.85. The Kier molecular flexibility index (Phi) is 4.98. The van der Waals surface area contributed by atoms with Gasteiger partial charge in [0.05, 0.1) is 11.4 Å². The minimum atomic E-state index is 0.688. The first kappa shape index (κ1) is 19.8. The number of nitrogens with zero attached hydrogens (tertiary/aromatic N) is 6. The summed E-state index contributed by atoms with van der Waals surface area (Å²) in [5, 5.41) is 13.7. The fraction of sp³-hybridized carbons (Fsp3) is 0.304. The Bertz CT molecular complexity index is 1240. The summed E-state index contributed by atoms with van der Waals surface area (Å²) >= 11 is 6.08. The maximum Gasteiger partial charge on any atom is 0.159 e. The number of benzene rings is 1. The van der Waals surface area contributed by atoms with Crippen molar-refractivity contribution in [1.82, 2.24) is 29.5 Å². The van der Waals surface area contributed by atoms with Crippen molar-refractivity contribution in [3.8, 4) is 17.1 Å². The van der Waals surface area contributed by atoms with E-state index in [1.165, 1.54) is 12.8 Å². The molecule has 3 aromatic heterocycles. The lowest BCUT2D eigenvalue weighted by atomic mass is 10.1. The minimum absolute atomic E-state index is 0.688. The number of hydrogen-bond donors (Lipinski definition) is 1. The molecule has 0 aliphatic heterocycles. The van der Waals surface area contributed by atoms with Gasteiger partial charge in [-0.05, 0) is 57.7 Å². The van der Waals surface area contributed by atoms with Crippen LogP contribution in [0.2, 0.25) is 5.02 Å². The van der Waals surface area contributed by atoms with Gasteiger partial charge in [0.25, 0.3) is 0 Å². The van der Waals surface area contributed by atoms with Gasteiger partial charge in [-0.2, -0.15) is 10.2 Å². The van der Waals surface area contributed by atoms with Crippen molar-refractivity contribution in [2.24, 2.45) is 5.92 Å². The van der Waals surface area contributed by atoms with E-state index in [-0.39, 0.29) is 0 Å². The maximum absolute atomic E-state index is 6.08. The summed E-state index contributed by atoms with van der Waals surface area (Å²) in [7, 11) is 0. The third-order valence-electron chi connectivity index (χ3n) is 5.56. The first-order valence-corrected chi connectivity index (χ1v) is 10.8. The molecular weight excluding hydrogens is 410 g/mol. The van der Waals surface area contributed by atoms with Crippen LogP contribution in [0.25, 0.3) is 17.1 Å². The Hall–Kier alpha value is -3.19. The molecule has 8 heteroatoms. The molecule has 158 valence electrons. The molecule has 3 heterocycles. The third kappa shape index (κ3) is 4.05. The number of anilines is 2. The van der Waals surface area contributed by atoms with Crippen LogP contribution in [0.15, 0.2) is 42.7 Å². The molecule has 7 nitrogen and oxygen atoms in total. The molecule has 31 heavy (non-hydrogen) atoms. The van der Waals surface area contributed by atoms with Crippen LogP contribution in [-0.4, -0.2) is 29.5 Å². The average molecular weight is 434 g/mol. The van der Waals surface area contributed by atoms with E-state index in [1.807, 2.05) is 54.9 Å². The lowest BCUT2D eigenvalue weighted by Gasteiger charge is -2.11. The molecular formula is C23H24ClN7. The van der Waals surface area contributed by atoms with Gasteiger partial charge in [-0.25, -0.2) is 19.3 Å². The van der Waals surface area contributed by atoms with Gasteiger partial charge in [0, 0.05) is 34.5 Å². The first-order valence-electron chi connectivity index (χ1n) is 10.4. The summed E-state index contributed by atoms with van der Waals surface area (Å²) in [6, 6.07) is 11.8. The minimum Gasteiger partial charge on any atom is -0.325 e. The molecule has 1 aromatic carbocycles. The highest BCUT2D eigenvalue weighted by atomic mass is 35.5. The van der Waals surface area contributed by atoms with Gasteiger partial charge < -0.3 is 5.32 Å². The Morgan fingerprint density at radius 3 is 2.48 bits per heavy atom. The summed E-state index contributed by atoms with van der Waals surface area (Å²) in [6.45, 7) is 6.97. The highest BCUT2D eigenvalue weighted by molar-refractivity contribution is 6.30. The molecule has 1 fully saturated rings. The van der Waals surface area contributed by atoms with E-state index in [2.05, 4.69) is 32.0 Å². The number of rotatable bonds is 6. The topological polar surface area (TPSA) is 73.5 Å². The number of halogens is 1. The van der Waals surface area contributed by atoms with E-state index in [0.717, 1.165) is 51.4 Å². The highest BCUT2D eigenvalue weighted by Gasteiger charge is 2.25. The van der Waals surface area contributed by atoms with Gasteiger partial charge in [-0.3, -0.25) is 0 Å². The summed E-state index contributed by atoms with van der Waals surface area (Å²) in [5.41, 5.74) is 5.06. The molecule has 0 saturated heterocycles. The summed E-state index contributed by atoms with van der Waals surface area (Å²) in [6.07, 6.45) is 4.07. The van der Waals surface area contributed by atoms with Gasteiger partial charge in [-0.15, -0.1) is 0 Å². The SMILES string of the molecule is Cc1cc(C)n(-c2cc(Nc3c(C)c(-c4ccc(Cl)cc4)nn3CC3CC3)ncn2)n1. The van der Waals surface area contributed by atoms with Gasteiger partial charge in [-0.1, -0.05) is 23.7 Å². The molecule has 0 spiro atoms. The smallest absolute Gasteiger partial charge is 0.159 e. The predicted octanol–water partition coefficient (Wildman–Crippen LogP) is 5.26. The van der Waals surface area contributed by atoms with Crippen LogP contribution in [-0.2, 0) is 6.54 Å². The fourth-order valence-corrected chi connectivity index (χ4v) is 3.91. The van der Waals surface area contributed by atoms with Crippen LogP contribution in [0.4, 0.5) is 11.6 Å². The highest BCUT2D eigenvalue weighted by Crippen LogP contribution is 2.35. The Labute approximate surface area is 186 Å². The number of hydrogen-bond acceptors (Lipinski definition) is 5. The molecule has 0 amide bonds. The molecule has 0 unspecified atom stereocenters. The monoisotopic (exact) mass is 433 g/mol. The molecule has 1 saturated carbocycles. The number of aryl methyl sites for hydroxylation is 2. The first-order chi connectivity index (χ1) is 15.0. The lowest BCUT2D eigenvalue weighted by Crippen LogP contribution is -2.09. The quantitative estimate of drug-likeness (QED) is 0.449. The predicted molar refractivity (Wildman–Crippen MR) is 122 cm³/mol. The van der Waals surface area contributed by atoms with Crippen LogP contribution < -0.4 is 5.32 Å². The van der Waals surface area contributed by atoms with Crippen LogP contribution >= 0.6 is 11.6 Å². The van der Waals surface area contributed by atoms with E-state index in [1.54, 1.807) is 6.33 Å². The zero-order chi connectivity index (χ0) is 21.5. The molecule has 1 N–H and O–H groups in total. The van der Waals surface area contributed by atoms with Crippen LogP contribution in [0.1, 0.15) is 29.8 Å². The van der Waals surface area contributed by atoms with Crippen molar-refractivity contribution >= 4 is 23.2 Å². The average Bonchev–Trinajstić information content (AvgIpc) is 3.44. The van der Waals surface area contributed by atoms with E-state index >= 15 is 0 Å². The van der Waals surface area contributed by atoms with Crippen molar-refractivity contribution in [2.75, 3.05) is 5.32 Å². The van der Waals surface area contributed by atoms with Crippen molar-refractivity contribution in [1.29, 1.82) is 0 Å². The lowest BCUT2D eigenvalue weighted by molar-refractivity contribution is 0.571. The normalized spacial score (nSPS) is 13.5. The Balaban J connectivity index is 1.51. The van der Waals surface area contributed by atoms with E-state index < -0.39 is 0 Å². The maximum atomic E-state index is 6.08. The van der Waals surface area contributed by atoms with Crippen LogP contribution in [0, 0.1) is 26.7 Å². The molecule has 0 radical (unpaired) electrons. The molecule has 0 atom stereocenters. The van der Waals surface area contributed by atoms with Crippen molar-refractivity contribution < 1.29 is 0 Å². The zero-order valence-corrected chi connectivity index (χ0v) is 18.6. The number of nitrogens with one attached hydrogen (secondary N) is 1. The second kappa shape index (κ2) is 7.81. The van der Waals surface area contributed by atoms with Crippen molar-refractivity contribution in [3.63, 3.8) is 0 Å². The standard InChI is InChI=1S/C23H24ClN7/c1-14-10-15(2)31(28-14)21-11-20(25-13-26-21)27-23-16(3)22(18-6-8-19(24)9-7-18)29-30(23)12-17-4-5-17/h6-11,13,17H,4-5,12H2,1-3H3,(H,25,26,27). The number of aromatic nitrogens is 6. The molecule has 4 aromatic rings. The molecule has 1 aliphatic rings. The summed E-state index contributed by atoms with van der Waals surface area (Å²) < 4.78 is 3.90. The van der Waals surface area contributed by atoms with Gasteiger partial charge >= 0.3 is 0 Å². The Morgan fingerprint density at radius 2 is 1.81 bits per heavy atom. The van der Waals surface area contributed by atoms with Crippen molar-refractivity contribution in [3.05, 3.63) is 64.7 Å². The van der Waals surface area contributed by atoms with E-state index in [4.69, 9.17) is 16.7 Å². The molecule has 1 aliphatic carbocycles. The van der Waals surface area contributed by atoms with Gasteiger partial charge in [0.2, 0.25) is 0 Å². The fourth-order valence-electron chi connectivity index (χ4n) is 3.78. The summed E-state index contributed by atoms with van der Waals surface area (Å²) in [5.74, 6) is 3.08. The van der Waals surface area contributed by atoms with Crippen LogP contribution in [0.5, 0.6) is 0 Å². The van der Waals surface area contributed by atoms with Crippen molar-refractivity contribution in [2.45, 2.75) is 40.2 Å². The molecule has 5 rings (SSSR count). The van der Waals surface area contributed by atoms with Gasteiger partial charge in [0.1, 0.15) is 18.0 Å². The Morgan fingerprint density at radius 1 is 1.03 bits per heavy atom. The molecule has 0 bridgehead atoms. The zero-order valence-electron chi connectivity index (χ0n) is 17.8. The van der Waals surface area contributed by atoms with Crippen LogP contribution in [0.3, 0.4) is 0 Å². The third-order valence-corrected chi connectivity index (χ3v) is 5.81. The van der Waals surface area contributed by atoms with E-state index in [9.17, 15) is 0 Å². The second-order valence-electron chi connectivity index (χ2n) is 8.18.